The van der Waals surface area contributed by atoms with Gasteiger partial charge in [0.25, 0.3) is 0 Å². The molecule has 2 rings (SSSR count). The Labute approximate surface area is 128 Å². The van der Waals surface area contributed by atoms with Crippen LogP contribution < -0.4 is 4.74 Å². The van der Waals surface area contributed by atoms with Gasteiger partial charge in [0.05, 0.1) is 22.9 Å². The summed E-state index contributed by atoms with van der Waals surface area (Å²) in [6, 6.07) is 2.90. The van der Waals surface area contributed by atoms with E-state index in [0.717, 1.165) is 0 Å². The van der Waals surface area contributed by atoms with Gasteiger partial charge in [0.15, 0.2) is 0 Å². The van der Waals surface area contributed by atoms with E-state index >= 15 is 0 Å². The normalized spacial score (nSPS) is 19.7. The zero-order valence-electron chi connectivity index (χ0n) is 11.7. The number of nitrogens with zero attached hydrogens (tertiary/aromatic N) is 1. The van der Waals surface area contributed by atoms with Crippen molar-refractivity contribution < 1.29 is 23.1 Å². The number of aliphatic carboxylic acids is 1. The summed E-state index contributed by atoms with van der Waals surface area (Å²) in [7, 11) is -2.30. The molecule has 21 heavy (non-hydrogen) atoms. The second-order valence-electron chi connectivity index (χ2n) is 4.94. The Morgan fingerprint density at radius 1 is 1.48 bits per heavy atom. The molecule has 0 aliphatic carbocycles. The topological polar surface area (TPSA) is 83.9 Å². The number of carboxylic acid groups (broad SMARTS) is 1. The van der Waals surface area contributed by atoms with Crippen molar-refractivity contribution in [2.24, 2.45) is 5.92 Å². The second-order valence-corrected chi connectivity index (χ2v) is 7.25. The van der Waals surface area contributed by atoms with Gasteiger partial charge in [0.1, 0.15) is 5.75 Å². The van der Waals surface area contributed by atoms with Crippen molar-refractivity contribution in [3.05, 3.63) is 22.7 Å². The van der Waals surface area contributed by atoms with Gasteiger partial charge in [-0.25, -0.2) is 8.42 Å². The van der Waals surface area contributed by atoms with Gasteiger partial charge in [0.2, 0.25) is 10.0 Å². The van der Waals surface area contributed by atoms with Crippen LogP contribution in [0.2, 0.25) is 5.02 Å². The largest absolute Gasteiger partial charge is 0.495 e. The Balaban J connectivity index is 2.37. The zero-order valence-corrected chi connectivity index (χ0v) is 13.2. The number of rotatable bonds is 4. The molecule has 1 fully saturated rings. The summed E-state index contributed by atoms with van der Waals surface area (Å²) in [6.07, 6.45) is 0.317. The smallest absolute Gasteiger partial charge is 0.307 e. The Morgan fingerprint density at radius 3 is 2.67 bits per heavy atom. The van der Waals surface area contributed by atoms with Crippen LogP contribution in [-0.2, 0) is 14.8 Å². The molecule has 1 saturated heterocycles. The van der Waals surface area contributed by atoms with E-state index in [1.807, 2.05) is 0 Å². The first-order valence-electron chi connectivity index (χ1n) is 6.34. The van der Waals surface area contributed by atoms with Crippen LogP contribution in [0, 0.1) is 12.8 Å². The average Bonchev–Trinajstić information content (AvgIpc) is 2.91. The number of halogens is 1. The number of methoxy groups -OCH3 is 1. The predicted molar refractivity (Wildman–Crippen MR) is 77.2 cm³/mol. The standard InChI is InChI=1S/C13H16ClNO5S/c1-8-5-11(20-2)10(14)6-12(8)21(18,19)15-4-3-9(7-15)13(16)17/h5-6,9H,3-4,7H2,1-2H3,(H,16,17). The molecule has 8 heteroatoms. The molecule has 116 valence electrons. The molecule has 0 aromatic heterocycles. The van der Waals surface area contributed by atoms with Crippen LogP contribution in [-0.4, -0.2) is 44.0 Å². The zero-order chi connectivity index (χ0) is 15.8. The first kappa shape index (κ1) is 16.1. The lowest BCUT2D eigenvalue weighted by atomic mass is 10.1. The number of hydrogen-bond acceptors (Lipinski definition) is 4. The molecule has 1 atom stereocenters. The molecule has 0 saturated carbocycles. The maximum absolute atomic E-state index is 12.6. The van der Waals surface area contributed by atoms with Crippen molar-refractivity contribution in [1.29, 1.82) is 0 Å². The summed E-state index contributed by atoms with van der Waals surface area (Å²) in [5.74, 6) is -1.23. The van der Waals surface area contributed by atoms with Crippen molar-refractivity contribution in [2.45, 2.75) is 18.2 Å². The molecule has 1 aliphatic rings. The van der Waals surface area contributed by atoms with E-state index in [1.54, 1.807) is 13.0 Å². The quantitative estimate of drug-likeness (QED) is 0.907. The molecule has 1 N–H and O–H groups in total. The van der Waals surface area contributed by atoms with Crippen LogP contribution >= 0.6 is 11.6 Å². The van der Waals surface area contributed by atoms with Crippen LogP contribution in [0.1, 0.15) is 12.0 Å². The first-order valence-corrected chi connectivity index (χ1v) is 8.16. The Hall–Kier alpha value is -1.31. The van der Waals surface area contributed by atoms with Gasteiger partial charge >= 0.3 is 5.97 Å². The Kier molecular flexibility index (Phi) is 4.46. The molecular formula is C13H16ClNO5S. The molecule has 1 unspecified atom stereocenters. The second kappa shape index (κ2) is 5.82. The highest BCUT2D eigenvalue weighted by atomic mass is 35.5. The van der Waals surface area contributed by atoms with Crippen molar-refractivity contribution in [3.63, 3.8) is 0 Å². The van der Waals surface area contributed by atoms with Crippen molar-refractivity contribution in [1.82, 2.24) is 4.31 Å². The summed E-state index contributed by atoms with van der Waals surface area (Å²) in [6.45, 7) is 1.83. The van der Waals surface area contributed by atoms with Crippen LogP contribution in [0.4, 0.5) is 0 Å². The summed E-state index contributed by atoms with van der Waals surface area (Å²) in [4.78, 5) is 11.0. The molecule has 0 radical (unpaired) electrons. The molecule has 6 nitrogen and oxygen atoms in total. The molecule has 0 bridgehead atoms. The Bertz CT molecular complexity index is 673. The number of benzene rings is 1. The molecule has 1 heterocycles. The van der Waals surface area contributed by atoms with E-state index in [0.29, 0.717) is 17.7 Å². The minimum Gasteiger partial charge on any atom is -0.495 e. The van der Waals surface area contributed by atoms with Gasteiger partial charge in [-0.05, 0) is 31.0 Å². The van der Waals surface area contributed by atoms with E-state index in [4.69, 9.17) is 21.4 Å². The Morgan fingerprint density at radius 2 is 2.14 bits per heavy atom. The van der Waals surface area contributed by atoms with Crippen LogP contribution in [0.5, 0.6) is 5.75 Å². The fraction of sp³-hybridized carbons (Fsp3) is 0.462. The summed E-state index contributed by atoms with van der Waals surface area (Å²) in [5, 5.41) is 9.18. The van der Waals surface area contributed by atoms with Crippen molar-refractivity contribution in [3.8, 4) is 5.75 Å². The molecule has 1 aromatic rings. The average molecular weight is 334 g/mol. The number of sulfonamides is 1. The maximum Gasteiger partial charge on any atom is 0.307 e. The van der Waals surface area contributed by atoms with Crippen molar-refractivity contribution >= 4 is 27.6 Å². The minimum absolute atomic E-state index is 0.0131. The molecule has 1 aromatic carbocycles. The number of aryl methyl sites for hydroxylation is 1. The number of carbonyl (C=O) groups is 1. The van der Waals surface area contributed by atoms with Gasteiger partial charge in [-0.2, -0.15) is 4.31 Å². The molecular weight excluding hydrogens is 318 g/mol. The monoisotopic (exact) mass is 333 g/mol. The third-order valence-electron chi connectivity index (χ3n) is 3.57. The SMILES string of the molecule is COc1cc(C)c(S(=O)(=O)N2CCC(C(=O)O)C2)cc1Cl. The predicted octanol–water partition coefficient (Wildman–Crippen LogP) is 1.75. The fourth-order valence-corrected chi connectivity index (χ4v) is 4.40. The lowest BCUT2D eigenvalue weighted by molar-refractivity contribution is -0.141. The van der Waals surface area contributed by atoms with E-state index in [9.17, 15) is 13.2 Å². The van der Waals surface area contributed by atoms with Gasteiger partial charge < -0.3 is 9.84 Å². The first-order chi connectivity index (χ1) is 9.77. The summed E-state index contributed by atoms with van der Waals surface area (Å²) >= 11 is 5.99. The van der Waals surface area contributed by atoms with Gasteiger partial charge in [-0.15, -0.1) is 0 Å². The van der Waals surface area contributed by atoms with Crippen LogP contribution in [0.25, 0.3) is 0 Å². The number of hydrogen-bond donors (Lipinski definition) is 1. The van der Waals surface area contributed by atoms with Crippen LogP contribution in [0.3, 0.4) is 0 Å². The van der Waals surface area contributed by atoms with E-state index in [-0.39, 0.29) is 23.0 Å². The van der Waals surface area contributed by atoms with Crippen molar-refractivity contribution in [2.75, 3.05) is 20.2 Å². The highest BCUT2D eigenvalue weighted by Crippen LogP contribution is 2.33. The van der Waals surface area contributed by atoms with Crippen LogP contribution in [0.15, 0.2) is 17.0 Å². The number of ether oxygens (including phenoxy) is 1. The third-order valence-corrected chi connectivity index (χ3v) is 5.87. The lowest BCUT2D eigenvalue weighted by Crippen LogP contribution is -2.30. The molecule has 1 aliphatic heterocycles. The highest BCUT2D eigenvalue weighted by molar-refractivity contribution is 7.89. The van der Waals surface area contributed by atoms with Gasteiger partial charge in [0, 0.05) is 13.1 Å². The lowest BCUT2D eigenvalue weighted by Gasteiger charge is -2.18. The highest BCUT2D eigenvalue weighted by Gasteiger charge is 2.36. The number of carboxylic acids is 1. The van der Waals surface area contributed by atoms with Gasteiger partial charge in [-0.3, -0.25) is 4.79 Å². The van der Waals surface area contributed by atoms with E-state index in [1.165, 1.54) is 17.5 Å². The fourth-order valence-electron chi connectivity index (χ4n) is 2.36. The van der Waals surface area contributed by atoms with Gasteiger partial charge in [-0.1, -0.05) is 11.6 Å². The van der Waals surface area contributed by atoms with E-state index < -0.39 is 21.9 Å². The van der Waals surface area contributed by atoms with E-state index in [2.05, 4.69) is 0 Å². The third kappa shape index (κ3) is 3.00. The molecule has 0 amide bonds. The summed E-state index contributed by atoms with van der Waals surface area (Å²) < 4.78 is 31.5. The summed E-state index contributed by atoms with van der Waals surface area (Å²) in [5.41, 5.74) is 0.509. The maximum atomic E-state index is 12.6. The minimum atomic E-state index is -3.75. The molecule has 0 spiro atoms.